The van der Waals surface area contributed by atoms with Gasteiger partial charge in [-0.1, -0.05) is 43.0 Å². The molecule has 1 heterocycles. The van der Waals surface area contributed by atoms with E-state index in [0.29, 0.717) is 33.5 Å². The molecule has 1 aromatic carbocycles. The molecule has 0 bridgehead atoms. The lowest BCUT2D eigenvalue weighted by atomic mass is 9.87. The number of tetrazole rings is 1. The maximum Gasteiger partial charge on any atom is 0.182 e. The Morgan fingerprint density at radius 2 is 2.10 bits per heavy atom. The Balaban J connectivity index is 1.99. The first-order valence-electron chi connectivity index (χ1n) is 7.09. The second-order valence-electron chi connectivity index (χ2n) is 5.73. The first-order valence-corrected chi connectivity index (χ1v) is 7.84. The van der Waals surface area contributed by atoms with Gasteiger partial charge in [0.1, 0.15) is 0 Å². The van der Waals surface area contributed by atoms with Crippen molar-refractivity contribution in [3.8, 4) is 11.4 Å². The lowest BCUT2D eigenvalue weighted by Gasteiger charge is -2.27. The molecule has 0 amide bonds. The summed E-state index contributed by atoms with van der Waals surface area (Å²) in [4.78, 5) is 0. The Labute approximate surface area is 133 Å². The van der Waals surface area contributed by atoms with Crippen LogP contribution in [0, 0.1) is 5.92 Å². The molecule has 1 aliphatic rings. The van der Waals surface area contributed by atoms with Crippen molar-refractivity contribution in [2.24, 2.45) is 5.92 Å². The largest absolute Gasteiger partial charge is 0.397 e. The van der Waals surface area contributed by atoms with Crippen LogP contribution in [0.2, 0.25) is 10.0 Å². The number of anilines is 1. The van der Waals surface area contributed by atoms with Gasteiger partial charge in [-0.2, -0.15) is 0 Å². The molecular formula is C14H17Cl2N5. The van der Waals surface area contributed by atoms with Crippen LogP contribution in [0.5, 0.6) is 0 Å². The molecule has 1 fully saturated rings. The van der Waals surface area contributed by atoms with Crippen LogP contribution in [0.3, 0.4) is 0 Å². The third kappa shape index (κ3) is 2.85. The van der Waals surface area contributed by atoms with Crippen LogP contribution in [-0.4, -0.2) is 20.2 Å². The van der Waals surface area contributed by atoms with Crippen LogP contribution in [-0.2, 0) is 0 Å². The van der Waals surface area contributed by atoms with Crippen molar-refractivity contribution in [2.45, 2.75) is 38.6 Å². The minimum Gasteiger partial charge on any atom is -0.397 e. The fourth-order valence-electron chi connectivity index (χ4n) is 2.99. The van der Waals surface area contributed by atoms with Crippen molar-refractivity contribution in [2.75, 3.05) is 5.73 Å². The van der Waals surface area contributed by atoms with Gasteiger partial charge in [0.25, 0.3) is 0 Å². The van der Waals surface area contributed by atoms with Gasteiger partial charge < -0.3 is 5.73 Å². The van der Waals surface area contributed by atoms with Crippen molar-refractivity contribution in [3.63, 3.8) is 0 Å². The van der Waals surface area contributed by atoms with Crippen molar-refractivity contribution in [1.82, 2.24) is 20.2 Å². The molecule has 2 N–H and O–H groups in total. The van der Waals surface area contributed by atoms with Crippen LogP contribution >= 0.6 is 23.2 Å². The van der Waals surface area contributed by atoms with Gasteiger partial charge in [0, 0.05) is 5.56 Å². The fraction of sp³-hybridized carbons (Fsp3) is 0.500. The van der Waals surface area contributed by atoms with Gasteiger partial charge in [0.05, 0.1) is 21.8 Å². The predicted octanol–water partition coefficient (Wildman–Crippen LogP) is 3.98. The van der Waals surface area contributed by atoms with E-state index in [1.807, 2.05) is 4.68 Å². The van der Waals surface area contributed by atoms with E-state index < -0.39 is 0 Å². The van der Waals surface area contributed by atoms with E-state index in [1.54, 1.807) is 12.1 Å². The Morgan fingerprint density at radius 3 is 2.81 bits per heavy atom. The van der Waals surface area contributed by atoms with Gasteiger partial charge >= 0.3 is 0 Å². The maximum absolute atomic E-state index is 6.11. The summed E-state index contributed by atoms with van der Waals surface area (Å²) in [5, 5.41) is 12.9. The van der Waals surface area contributed by atoms with E-state index >= 15 is 0 Å². The molecule has 1 aliphatic carbocycles. The van der Waals surface area contributed by atoms with E-state index in [2.05, 4.69) is 22.4 Å². The van der Waals surface area contributed by atoms with Crippen molar-refractivity contribution >= 4 is 28.9 Å². The normalized spacial score (nSPS) is 22.4. The first-order chi connectivity index (χ1) is 10.1. The smallest absolute Gasteiger partial charge is 0.182 e. The number of hydrogen-bond acceptors (Lipinski definition) is 4. The van der Waals surface area contributed by atoms with E-state index in [-0.39, 0.29) is 0 Å². The average molecular weight is 326 g/mol. The number of nitrogens with zero attached hydrogens (tertiary/aromatic N) is 4. The molecule has 7 heteroatoms. The third-order valence-corrected chi connectivity index (χ3v) is 4.88. The highest BCUT2D eigenvalue weighted by molar-refractivity contribution is 6.43. The van der Waals surface area contributed by atoms with Gasteiger partial charge in [0.2, 0.25) is 0 Å². The summed E-state index contributed by atoms with van der Waals surface area (Å²) in [6.45, 7) is 2.27. The average Bonchev–Trinajstić information content (AvgIpc) is 2.93. The molecule has 2 atom stereocenters. The Bertz CT molecular complexity index is 632. The lowest BCUT2D eigenvalue weighted by Crippen LogP contribution is -2.19. The Morgan fingerprint density at radius 1 is 1.29 bits per heavy atom. The van der Waals surface area contributed by atoms with E-state index in [0.717, 1.165) is 18.4 Å². The SMILES string of the molecule is CC1CCCC(n2nnnc2-c2cc(N)c(Cl)c(Cl)c2)C1. The molecule has 0 radical (unpaired) electrons. The number of halogens is 2. The predicted molar refractivity (Wildman–Crippen MR) is 84.4 cm³/mol. The first kappa shape index (κ1) is 14.6. The molecule has 1 aromatic heterocycles. The number of rotatable bonds is 2. The van der Waals surface area contributed by atoms with Crippen LogP contribution in [0.15, 0.2) is 12.1 Å². The monoisotopic (exact) mass is 325 g/mol. The second kappa shape index (κ2) is 5.81. The molecule has 2 unspecified atom stereocenters. The Hall–Kier alpha value is -1.33. The Kier molecular flexibility index (Phi) is 4.04. The van der Waals surface area contributed by atoms with E-state index in [1.165, 1.54) is 12.8 Å². The minimum absolute atomic E-state index is 0.328. The summed E-state index contributed by atoms with van der Waals surface area (Å²) in [5.41, 5.74) is 7.12. The van der Waals surface area contributed by atoms with Crippen LogP contribution in [0.4, 0.5) is 5.69 Å². The van der Waals surface area contributed by atoms with Gasteiger partial charge in [0.15, 0.2) is 5.82 Å². The topological polar surface area (TPSA) is 69.6 Å². The molecule has 3 rings (SSSR count). The molecule has 5 nitrogen and oxygen atoms in total. The summed E-state index contributed by atoms with van der Waals surface area (Å²) >= 11 is 12.1. The number of nitrogen functional groups attached to an aromatic ring is 1. The summed E-state index contributed by atoms with van der Waals surface area (Å²) in [6.07, 6.45) is 4.66. The van der Waals surface area contributed by atoms with E-state index in [9.17, 15) is 0 Å². The molecule has 0 saturated heterocycles. The van der Waals surface area contributed by atoms with Crippen LogP contribution in [0.1, 0.15) is 38.6 Å². The highest BCUT2D eigenvalue weighted by atomic mass is 35.5. The van der Waals surface area contributed by atoms with Gasteiger partial charge in [-0.3, -0.25) is 0 Å². The summed E-state index contributed by atoms with van der Waals surface area (Å²) in [6, 6.07) is 3.85. The molecule has 0 spiro atoms. The van der Waals surface area contributed by atoms with Gasteiger partial charge in [-0.25, -0.2) is 4.68 Å². The van der Waals surface area contributed by atoms with Gasteiger partial charge in [-0.15, -0.1) is 5.10 Å². The zero-order valence-corrected chi connectivity index (χ0v) is 13.3. The number of benzene rings is 1. The molecule has 112 valence electrons. The summed E-state index contributed by atoms with van der Waals surface area (Å²) < 4.78 is 1.90. The highest BCUT2D eigenvalue weighted by Gasteiger charge is 2.24. The summed E-state index contributed by atoms with van der Waals surface area (Å²) in [7, 11) is 0. The van der Waals surface area contributed by atoms with Crippen molar-refractivity contribution in [3.05, 3.63) is 22.2 Å². The molecule has 0 aliphatic heterocycles. The standard InChI is InChI=1S/C14H17Cl2N5/c1-8-3-2-4-10(5-8)21-14(18-19-20-21)9-6-11(15)13(16)12(17)7-9/h6-8,10H,2-5,17H2,1H3. The molecular weight excluding hydrogens is 309 g/mol. The van der Waals surface area contributed by atoms with Crippen molar-refractivity contribution in [1.29, 1.82) is 0 Å². The van der Waals surface area contributed by atoms with Crippen LogP contribution in [0.25, 0.3) is 11.4 Å². The van der Waals surface area contributed by atoms with Crippen molar-refractivity contribution < 1.29 is 0 Å². The highest BCUT2D eigenvalue weighted by Crippen LogP contribution is 2.36. The molecule has 1 saturated carbocycles. The lowest BCUT2D eigenvalue weighted by molar-refractivity contribution is 0.265. The maximum atomic E-state index is 6.11. The zero-order chi connectivity index (χ0) is 15.0. The van der Waals surface area contributed by atoms with E-state index in [4.69, 9.17) is 28.9 Å². The third-order valence-electron chi connectivity index (χ3n) is 4.06. The number of aromatic nitrogens is 4. The number of nitrogens with two attached hydrogens (primary N) is 1. The minimum atomic E-state index is 0.328. The second-order valence-corrected chi connectivity index (χ2v) is 6.52. The number of hydrogen-bond donors (Lipinski definition) is 1. The molecule has 21 heavy (non-hydrogen) atoms. The van der Waals surface area contributed by atoms with Gasteiger partial charge in [-0.05, 0) is 41.3 Å². The molecule has 2 aromatic rings. The quantitative estimate of drug-likeness (QED) is 0.848. The zero-order valence-electron chi connectivity index (χ0n) is 11.8. The summed E-state index contributed by atoms with van der Waals surface area (Å²) in [5.74, 6) is 1.39. The fourth-order valence-corrected chi connectivity index (χ4v) is 3.33. The van der Waals surface area contributed by atoms with Crippen LogP contribution < -0.4 is 5.73 Å².